The highest BCUT2D eigenvalue weighted by atomic mass is 16.5. The fourth-order valence-corrected chi connectivity index (χ4v) is 2.85. The summed E-state index contributed by atoms with van der Waals surface area (Å²) in [5.74, 6) is 1.51. The number of nitrogens with one attached hydrogen (secondary N) is 2. The van der Waals surface area contributed by atoms with E-state index >= 15 is 0 Å². The molecule has 30 heavy (non-hydrogen) atoms. The van der Waals surface area contributed by atoms with Crippen molar-refractivity contribution in [1.29, 1.82) is 0 Å². The number of hydrogen-bond acceptors (Lipinski definition) is 5. The lowest BCUT2D eigenvalue weighted by Crippen LogP contribution is -2.31. The first-order chi connectivity index (χ1) is 14.2. The minimum atomic E-state index is -0.238. The van der Waals surface area contributed by atoms with Crippen molar-refractivity contribution in [3.63, 3.8) is 0 Å². The zero-order valence-electron chi connectivity index (χ0n) is 17.7. The molecule has 2 amide bonds. The average molecular weight is 409 g/mol. The monoisotopic (exact) mass is 409 g/mol. The van der Waals surface area contributed by atoms with Crippen molar-refractivity contribution >= 4 is 22.6 Å². The van der Waals surface area contributed by atoms with Crippen molar-refractivity contribution in [1.82, 2.24) is 10.3 Å². The number of nitrogens with zero attached hydrogens (tertiary/aromatic N) is 1. The van der Waals surface area contributed by atoms with Crippen molar-refractivity contribution in [2.75, 3.05) is 19.0 Å². The minimum absolute atomic E-state index is 0.0138. The largest absolute Gasteiger partial charge is 0.504 e. The van der Waals surface area contributed by atoms with E-state index in [1.165, 1.54) is 7.11 Å². The van der Waals surface area contributed by atoms with Crippen LogP contribution in [0.4, 0.5) is 10.5 Å². The highest BCUT2D eigenvalue weighted by molar-refractivity contribution is 5.89. The Morgan fingerprint density at radius 2 is 1.83 bits per heavy atom. The van der Waals surface area contributed by atoms with Crippen LogP contribution in [0.5, 0.6) is 23.0 Å². The summed E-state index contributed by atoms with van der Waals surface area (Å²) in [5.41, 5.74) is 1.48. The summed E-state index contributed by atoms with van der Waals surface area (Å²) >= 11 is 0. The number of fused-ring (bicyclic) bond motifs is 1. The van der Waals surface area contributed by atoms with Gasteiger partial charge in [0.1, 0.15) is 11.5 Å². The molecular weight excluding hydrogens is 382 g/mol. The van der Waals surface area contributed by atoms with E-state index in [-0.39, 0.29) is 17.2 Å². The molecule has 0 aliphatic rings. The number of phenolic OH excluding ortho intramolecular Hbond substituents is 1. The number of aromatic hydroxyl groups is 1. The van der Waals surface area contributed by atoms with Crippen molar-refractivity contribution in [2.24, 2.45) is 5.41 Å². The summed E-state index contributed by atoms with van der Waals surface area (Å²) in [7, 11) is 1.49. The van der Waals surface area contributed by atoms with Crippen molar-refractivity contribution in [2.45, 2.75) is 27.2 Å². The Morgan fingerprint density at radius 1 is 1.10 bits per heavy atom. The number of carbonyl (C=O) groups excluding carboxylic acids is 1. The predicted octanol–water partition coefficient (Wildman–Crippen LogP) is 5.30. The van der Waals surface area contributed by atoms with Crippen LogP contribution in [0.3, 0.4) is 0 Å². The predicted molar refractivity (Wildman–Crippen MR) is 118 cm³/mol. The third-order valence-electron chi connectivity index (χ3n) is 4.50. The smallest absolute Gasteiger partial charge is 0.319 e. The van der Waals surface area contributed by atoms with Crippen LogP contribution in [0.25, 0.3) is 10.9 Å². The van der Waals surface area contributed by atoms with Crippen LogP contribution in [0.2, 0.25) is 0 Å². The van der Waals surface area contributed by atoms with E-state index in [0.717, 1.165) is 6.42 Å². The Bertz CT molecular complexity index is 1030. The summed E-state index contributed by atoms with van der Waals surface area (Å²) < 4.78 is 11.1. The number of rotatable bonds is 6. The molecule has 7 heteroatoms. The van der Waals surface area contributed by atoms with Gasteiger partial charge in [-0.25, -0.2) is 4.79 Å². The third kappa shape index (κ3) is 5.53. The molecule has 0 saturated heterocycles. The molecular formula is C23H27N3O4. The molecule has 3 rings (SSSR count). The topological polar surface area (TPSA) is 92.7 Å². The second-order valence-electron chi connectivity index (χ2n) is 8.17. The minimum Gasteiger partial charge on any atom is -0.504 e. The Hall–Kier alpha value is -3.48. The average Bonchev–Trinajstić information content (AvgIpc) is 2.68. The highest BCUT2D eigenvalue weighted by Gasteiger charge is 2.12. The van der Waals surface area contributed by atoms with Gasteiger partial charge in [-0.1, -0.05) is 20.8 Å². The van der Waals surface area contributed by atoms with Gasteiger partial charge in [-0.3, -0.25) is 4.98 Å². The van der Waals surface area contributed by atoms with Crippen LogP contribution in [0.1, 0.15) is 27.2 Å². The Morgan fingerprint density at radius 3 is 2.50 bits per heavy atom. The molecule has 0 fully saturated rings. The van der Waals surface area contributed by atoms with Gasteiger partial charge in [0.25, 0.3) is 0 Å². The molecule has 0 aliphatic heterocycles. The summed E-state index contributed by atoms with van der Waals surface area (Å²) in [6.07, 6.45) is 2.53. The summed E-state index contributed by atoms with van der Waals surface area (Å²) in [6.45, 7) is 7.02. The van der Waals surface area contributed by atoms with Crippen LogP contribution < -0.4 is 20.1 Å². The quantitative estimate of drug-likeness (QED) is 0.514. The van der Waals surface area contributed by atoms with Gasteiger partial charge in [0.05, 0.1) is 12.6 Å². The molecule has 0 bridgehead atoms. The number of hydrogen-bond donors (Lipinski definition) is 3. The number of phenols is 1. The van der Waals surface area contributed by atoms with Gasteiger partial charge < -0.3 is 25.2 Å². The van der Waals surface area contributed by atoms with Crippen LogP contribution in [-0.2, 0) is 0 Å². The van der Waals surface area contributed by atoms with Crippen molar-refractivity contribution in [3.8, 4) is 23.0 Å². The number of carbonyl (C=O) groups is 1. The van der Waals surface area contributed by atoms with Gasteiger partial charge in [0.15, 0.2) is 11.5 Å². The van der Waals surface area contributed by atoms with Crippen molar-refractivity contribution < 1.29 is 19.4 Å². The molecule has 7 nitrogen and oxygen atoms in total. The molecule has 1 heterocycles. The molecule has 0 atom stereocenters. The van der Waals surface area contributed by atoms with E-state index < -0.39 is 0 Å². The van der Waals surface area contributed by atoms with E-state index in [1.807, 2.05) is 0 Å². The number of anilines is 1. The van der Waals surface area contributed by atoms with E-state index in [1.54, 1.807) is 48.7 Å². The number of methoxy groups -OCH3 is 1. The highest BCUT2D eigenvalue weighted by Crippen LogP contribution is 2.36. The van der Waals surface area contributed by atoms with Gasteiger partial charge in [-0.15, -0.1) is 0 Å². The van der Waals surface area contributed by atoms with E-state index in [9.17, 15) is 9.90 Å². The van der Waals surface area contributed by atoms with Gasteiger partial charge in [-0.2, -0.15) is 0 Å². The van der Waals surface area contributed by atoms with Crippen LogP contribution in [0.15, 0.2) is 48.7 Å². The number of amides is 2. The Balaban J connectivity index is 1.66. The Labute approximate surface area is 176 Å². The van der Waals surface area contributed by atoms with Crippen LogP contribution in [-0.4, -0.2) is 29.8 Å². The van der Waals surface area contributed by atoms with Gasteiger partial charge in [0.2, 0.25) is 0 Å². The number of pyridine rings is 1. The van der Waals surface area contributed by atoms with Crippen LogP contribution in [0, 0.1) is 5.41 Å². The maximum Gasteiger partial charge on any atom is 0.319 e. The van der Waals surface area contributed by atoms with Gasteiger partial charge in [-0.05, 0) is 48.2 Å². The Kier molecular flexibility index (Phi) is 6.30. The number of benzene rings is 2. The second kappa shape index (κ2) is 8.90. The number of aromatic nitrogens is 1. The SMILES string of the molecule is COc1cc2nccc(Oc3ccc(NC(=O)NCCC(C)(C)C)cc3)c2cc1O. The lowest BCUT2D eigenvalue weighted by atomic mass is 9.92. The van der Waals surface area contributed by atoms with E-state index in [4.69, 9.17) is 9.47 Å². The maximum atomic E-state index is 12.0. The van der Waals surface area contributed by atoms with Crippen LogP contribution >= 0.6 is 0 Å². The molecule has 3 aromatic rings. The van der Waals surface area contributed by atoms with E-state index in [2.05, 4.69) is 36.4 Å². The number of urea groups is 1. The molecule has 0 unspecified atom stereocenters. The van der Waals surface area contributed by atoms with E-state index in [0.29, 0.717) is 40.4 Å². The molecule has 3 N–H and O–H groups in total. The first kappa shape index (κ1) is 21.2. The third-order valence-corrected chi connectivity index (χ3v) is 4.50. The molecule has 0 spiro atoms. The van der Waals surface area contributed by atoms with Gasteiger partial charge >= 0.3 is 6.03 Å². The molecule has 2 aromatic carbocycles. The standard InChI is InChI=1S/C23H27N3O4/c1-23(2,3)10-12-25-22(28)26-15-5-7-16(8-6-15)30-20-9-11-24-18-14-21(29-4)19(27)13-17(18)20/h5-9,11,13-14,27H,10,12H2,1-4H3,(H2,25,26,28). The molecule has 1 aromatic heterocycles. The van der Waals surface area contributed by atoms with Crippen molar-refractivity contribution in [3.05, 3.63) is 48.7 Å². The molecule has 0 saturated carbocycles. The zero-order chi connectivity index (χ0) is 21.7. The molecule has 158 valence electrons. The lowest BCUT2D eigenvalue weighted by Gasteiger charge is -2.18. The second-order valence-corrected chi connectivity index (χ2v) is 8.17. The summed E-state index contributed by atoms with van der Waals surface area (Å²) in [4.78, 5) is 16.3. The fraction of sp³-hybridized carbons (Fsp3) is 0.304. The number of ether oxygens (including phenoxy) is 2. The lowest BCUT2D eigenvalue weighted by molar-refractivity contribution is 0.250. The fourth-order valence-electron chi connectivity index (χ4n) is 2.85. The first-order valence-corrected chi connectivity index (χ1v) is 9.74. The zero-order valence-corrected chi connectivity index (χ0v) is 17.7. The maximum absolute atomic E-state index is 12.0. The van der Waals surface area contributed by atoms with Gasteiger partial charge in [0, 0.05) is 29.9 Å². The normalized spacial score (nSPS) is 11.2. The first-order valence-electron chi connectivity index (χ1n) is 9.74. The summed E-state index contributed by atoms with van der Waals surface area (Å²) in [6, 6.07) is 11.8. The molecule has 0 radical (unpaired) electrons. The molecule has 0 aliphatic carbocycles. The summed E-state index contributed by atoms with van der Waals surface area (Å²) in [5, 5.41) is 16.4.